The molecule has 112 valence electrons. The fourth-order valence-electron chi connectivity index (χ4n) is 3.49. The molecule has 3 N–H and O–H groups in total. The molecule has 0 saturated heterocycles. The molecule has 0 amide bonds. The Bertz CT molecular complexity index is 388. The molecular formula is C17H29N3. The summed E-state index contributed by atoms with van der Waals surface area (Å²) in [4.78, 5) is 4.42. The molecule has 1 saturated carbocycles. The highest BCUT2D eigenvalue weighted by Gasteiger charge is 2.32. The van der Waals surface area contributed by atoms with Crippen molar-refractivity contribution in [2.45, 2.75) is 58.9 Å². The first-order valence-electron chi connectivity index (χ1n) is 7.86. The number of hydrogen-bond acceptors (Lipinski definition) is 3. The van der Waals surface area contributed by atoms with Gasteiger partial charge in [-0.15, -0.1) is 0 Å². The minimum atomic E-state index is 0.353. The molecule has 0 aromatic carbocycles. The van der Waals surface area contributed by atoms with Gasteiger partial charge in [0.2, 0.25) is 0 Å². The lowest BCUT2D eigenvalue weighted by Gasteiger charge is -2.39. The Morgan fingerprint density at radius 2 is 1.95 bits per heavy atom. The second kappa shape index (κ2) is 6.68. The molecule has 0 spiro atoms. The van der Waals surface area contributed by atoms with Crippen molar-refractivity contribution in [3.8, 4) is 0 Å². The Balaban J connectivity index is 1.91. The van der Waals surface area contributed by atoms with Crippen LogP contribution in [0.1, 0.15) is 52.1 Å². The minimum absolute atomic E-state index is 0.353. The van der Waals surface area contributed by atoms with Crippen molar-refractivity contribution in [1.29, 1.82) is 0 Å². The van der Waals surface area contributed by atoms with E-state index in [4.69, 9.17) is 5.84 Å². The van der Waals surface area contributed by atoms with Crippen molar-refractivity contribution in [1.82, 2.24) is 10.4 Å². The molecule has 1 aromatic heterocycles. The quantitative estimate of drug-likeness (QED) is 0.655. The molecule has 1 aliphatic rings. The van der Waals surface area contributed by atoms with E-state index >= 15 is 0 Å². The number of nitrogens with zero attached hydrogens (tertiary/aromatic N) is 1. The molecule has 1 fully saturated rings. The van der Waals surface area contributed by atoms with Crippen molar-refractivity contribution in [2.24, 2.45) is 23.1 Å². The Hall–Kier alpha value is -0.930. The third kappa shape index (κ3) is 4.03. The van der Waals surface area contributed by atoms with Gasteiger partial charge < -0.3 is 0 Å². The lowest BCUT2D eigenvalue weighted by Crippen LogP contribution is -2.44. The van der Waals surface area contributed by atoms with E-state index in [2.05, 4.69) is 37.2 Å². The topological polar surface area (TPSA) is 50.9 Å². The fraction of sp³-hybridized carbons (Fsp3) is 0.706. The van der Waals surface area contributed by atoms with Gasteiger partial charge >= 0.3 is 0 Å². The highest BCUT2D eigenvalue weighted by atomic mass is 15.2. The molecule has 1 atom stereocenters. The smallest absolute Gasteiger partial charge is 0.0419 e. The van der Waals surface area contributed by atoms with Crippen LogP contribution in [0.2, 0.25) is 0 Å². The molecule has 1 heterocycles. The minimum Gasteiger partial charge on any atom is -0.271 e. The van der Waals surface area contributed by atoms with Gasteiger partial charge in [-0.3, -0.25) is 16.3 Å². The summed E-state index contributed by atoms with van der Waals surface area (Å²) < 4.78 is 0. The Labute approximate surface area is 123 Å². The van der Waals surface area contributed by atoms with E-state index in [1.165, 1.54) is 25.7 Å². The van der Waals surface area contributed by atoms with Crippen LogP contribution in [0.15, 0.2) is 24.4 Å². The molecule has 1 unspecified atom stereocenters. The highest BCUT2D eigenvalue weighted by Crippen LogP contribution is 2.40. The monoisotopic (exact) mass is 275 g/mol. The SMILES string of the molecule is CC(C)(C)C1CCC(C(Cc2ccccn2)NN)CC1. The molecule has 3 heteroatoms. The summed E-state index contributed by atoms with van der Waals surface area (Å²) >= 11 is 0. The highest BCUT2D eigenvalue weighted by molar-refractivity contribution is 5.06. The molecule has 1 aromatic rings. The van der Waals surface area contributed by atoms with Crippen molar-refractivity contribution < 1.29 is 0 Å². The third-order valence-electron chi connectivity index (χ3n) is 4.93. The molecule has 0 radical (unpaired) electrons. The zero-order valence-electron chi connectivity index (χ0n) is 13.1. The first-order valence-corrected chi connectivity index (χ1v) is 7.86. The molecule has 0 bridgehead atoms. The predicted octanol–water partition coefficient (Wildman–Crippen LogP) is 3.31. The van der Waals surface area contributed by atoms with Crippen molar-refractivity contribution >= 4 is 0 Å². The van der Waals surface area contributed by atoms with Gasteiger partial charge in [0.15, 0.2) is 0 Å². The van der Waals surface area contributed by atoms with Gasteiger partial charge in [0.05, 0.1) is 0 Å². The third-order valence-corrected chi connectivity index (χ3v) is 4.93. The lowest BCUT2D eigenvalue weighted by atomic mass is 9.68. The number of hydrazine groups is 1. The molecule has 0 aliphatic heterocycles. The van der Waals surface area contributed by atoms with Crippen LogP contribution in [0.25, 0.3) is 0 Å². The zero-order chi connectivity index (χ0) is 14.6. The van der Waals surface area contributed by atoms with Crippen LogP contribution in [0.5, 0.6) is 0 Å². The van der Waals surface area contributed by atoms with E-state index in [-0.39, 0.29) is 0 Å². The summed E-state index contributed by atoms with van der Waals surface area (Å²) in [6.07, 6.45) is 8.01. The standard InChI is InChI=1S/C17H29N3/c1-17(2,3)14-9-7-13(8-10-14)16(20-18)12-15-6-4-5-11-19-15/h4-6,11,13-14,16,20H,7-10,12,18H2,1-3H3. The molecular weight excluding hydrogens is 246 g/mol. The first-order chi connectivity index (χ1) is 9.50. The van der Waals surface area contributed by atoms with Gasteiger partial charge in [0.1, 0.15) is 0 Å². The van der Waals surface area contributed by atoms with Gasteiger partial charge in [0.25, 0.3) is 0 Å². The summed E-state index contributed by atoms with van der Waals surface area (Å²) in [5.41, 5.74) is 4.61. The van der Waals surface area contributed by atoms with Crippen LogP contribution in [0.3, 0.4) is 0 Å². The molecule has 2 rings (SSSR count). The van der Waals surface area contributed by atoms with Crippen LogP contribution in [-0.4, -0.2) is 11.0 Å². The van der Waals surface area contributed by atoms with Crippen molar-refractivity contribution in [3.63, 3.8) is 0 Å². The number of pyridine rings is 1. The number of aromatic nitrogens is 1. The normalized spacial score (nSPS) is 25.4. The predicted molar refractivity (Wildman–Crippen MR) is 84.0 cm³/mol. The maximum absolute atomic E-state index is 5.79. The summed E-state index contributed by atoms with van der Waals surface area (Å²) in [5, 5.41) is 0. The van der Waals surface area contributed by atoms with E-state index in [0.717, 1.165) is 18.0 Å². The number of hydrogen-bond donors (Lipinski definition) is 2. The lowest BCUT2D eigenvalue weighted by molar-refractivity contribution is 0.132. The molecule has 3 nitrogen and oxygen atoms in total. The van der Waals surface area contributed by atoms with E-state index in [1.54, 1.807) is 0 Å². The van der Waals surface area contributed by atoms with Crippen LogP contribution in [0.4, 0.5) is 0 Å². The van der Waals surface area contributed by atoms with E-state index in [0.29, 0.717) is 17.4 Å². The Kier molecular flexibility index (Phi) is 5.17. The van der Waals surface area contributed by atoms with Gasteiger partial charge in [-0.2, -0.15) is 0 Å². The number of nitrogens with one attached hydrogen (secondary N) is 1. The Morgan fingerprint density at radius 1 is 1.25 bits per heavy atom. The fourth-order valence-corrected chi connectivity index (χ4v) is 3.49. The van der Waals surface area contributed by atoms with Crippen molar-refractivity contribution in [3.05, 3.63) is 30.1 Å². The average Bonchev–Trinajstić information content (AvgIpc) is 2.45. The van der Waals surface area contributed by atoms with E-state index in [9.17, 15) is 0 Å². The van der Waals surface area contributed by atoms with Gasteiger partial charge in [-0.1, -0.05) is 26.8 Å². The zero-order valence-corrected chi connectivity index (χ0v) is 13.1. The van der Waals surface area contributed by atoms with Crippen LogP contribution in [0, 0.1) is 17.3 Å². The second-order valence-corrected chi connectivity index (χ2v) is 7.28. The Morgan fingerprint density at radius 3 is 2.45 bits per heavy atom. The summed E-state index contributed by atoms with van der Waals surface area (Å²) in [6.45, 7) is 7.10. The second-order valence-electron chi connectivity index (χ2n) is 7.28. The van der Waals surface area contributed by atoms with E-state index < -0.39 is 0 Å². The summed E-state index contributed by atoms with van der Waals surface area (Å²) in [5.74, 6) is 7.33. The van der Waals surface area contributed by atoms with Gasteiger partial charge in [0, 0.05) is 24.4 Å². The van der Waals surface area contributed by atoms with Gasteiger partial charge in [-0.05, 0) is 55.1 Å². The maximum Gasteiger partial charge on any atom is 0.0419 e. The van der Waals surface area contributed by atoms with Crippen molar-refractivity contribution in [2.75, 3.05) is 0 Å². The first kappa shape index (κ1) is 15.5. The van der Waals surface area contributed by atoms with E-state index in [1.807, 2.05) is 18.3 Å². The average molecular weight is 275 g/mol. The maximum atomic E-state index is 5.79. The molecule has 20 heavy (non-hydrogen) atoms. The number of rotatable bonds is 4. The summed E-state index contributed by atoms with van der Waals surface area (Å²) in [7, 11) is 0. The number of nitrogens with two attached hydrogens (primary N) is 1. The van der Waals surface area contributed by atoms with Gasteiger partial charge in [-0.25, -0.2) is 0 Å². The van der Waals surface area contributed by atoms with Crippen LogP contribution >= 0.6 is 0 Å². The molecule has 1 aliphatic carbocycles. The van der Waals surface area contributed by atoms with Crippen LogP contribution in [-0.2, 0) is 6.42 Å². The largest absolute Gasteiger partial charge is 0.271 e. The summed E-state index contributed by atoms with van der Waals surface area (Å²) in [6, 6.07) is 6.45. The van der Waals surface area contributed by atoms with Crippen LogP contribution < -0.4 is 11.3 Å².